The van der Waals surface area contributed by atoms with Gasteiger partial charge in [0.15, 0.2) is 5.84 Å². The van der Waals surface area contributed by atoms with Gasteiger partial charge in [-0.15, -0.1) is 0 Å². The van der Waals surface area contributed by atoms with Crippen molar-refractivity contribution in [2.24, 2.45) is 9.98 Å². The van der Waals surface area contributed by atoms with Gasteiger partial charge >= 0.3 is 0 Å². The van der Waals surface area contributed by atoms with E-state index >= 15 is 0 Å². The molecule has 4 aliphatic rings. The van der Waals surface area contributed by atoms with Gasteiger partial charge in [0, 0.05) is 108 Å². The van der Waals surface area contributed by atoms with Gasteiger partial charge in [-0.1, -0.05) is 159 Å². The monoisotopic (exact) mass is 1080 g/mol. The molecule has 0 spiro atoms. The highest BCUT2D eigenvalue weighted by Gasteiger charge is 2.22. The van der Waals surface area contributed by atoms with Crippen molar-refractivity contribution in [2.75, 3.05) is 25.1 Å². The predicted molar refractivity (Wildman–Crippen MR) is 347 cm³/mol. The number of allylic oxidation sites excluding steroid dienone is 10. The van der Waals surface area contributed by atoms with Crippen molar-refractivity contribution in [1.29, 1.82) is 0 Å². The summed E-state index contributed by atoms with van der Waals surface area (Å²) in [5, 5.41) is 2.13. The Bertz CT molecular complexity index is 3860. The molecule has 0 fully saturated rings. The Morgan fingerprint density at radius 3 is 1.45 bits per heavy atom. The Morgan fingerprint density at radius 1 is 0.398 bits per heavy atom. The number of para-hydroxylation sites is 4. The van der Waals surface area contributed by atoms with E-state index in [0.717, 1.165) is 109 Å². The van der Waals surface area contributed by atoms with Gasteiger partial charge in [0.1, 0.15) is 5.75 Å². The van der Waals surface area contributed by atoms with E-state index in [1.807, 2.05) is 19.2 Å². The molecule has 0 saturated heterocycles. The lowest BCUT2D eigenvalue weighted by Gasteiger charge is -2.25. The zero-order valence-corrected chi connectivity index (χ0v) is 47.0. The highest BCUT2D eigenvalue weighted by Crippen LogP contribution is 2.36. The lowest BCUT2D eigenvalue weighted by Crippen LogP contribution is -2.17. The van der Waals surface area contributed by atoms with Crippen molar-refractivity contribution in [3.05, 3.63) is 325 Å². The molecule has 3 aliphatic heterocycles. The summed E-state index contributed by atoms with van der Waals surface area (Å²) in [6, 6.07) is 76.6. The molecular formula is C76H67N6O+. The molecule has 7 nitrogen and oxygen atoms in total. The predicted octanol–water partition coefficient (Wildman–Crippen LogP) is 16.5. The number of unbranched alkanes of at least 4 members (excludes halogenated alkanes) is 5. The van der Waals surface area contributed by atoms with Crippen LogP contribution < -0.4 is 24.6 Å². The van der Waals surface area contributed by atoms with Gasteiger partial charge in [0.2, 0.25) is 17.1 Å². The van der Waals surface area contributed by atoms with Crippen LogP contribution in [-0.4, -0.2) is 47.3 Å². The maximum absolute atomic E-state index is 6.26. The summed E-state index contributed by atoms with van der Waals surface area (Å²) in [6.07, 6.45) is 33.2. The number of amidine groups is 1. The smallest absolute Gasteiger partial charge is 0.211 e. The molecule has 0 unspecified atom stereocenters. The Kier molecular flexibility index (Phi) is 16.8. The molecule has 0 amide bonds. The third-order valence-electron chi connectivity index (χ3n) is 15.3. The summed E-state index contributed by atoms with van der Waals surface area (Å²) < 4.78 is 8.55. The van der Waals surface area contributed by atoms with Gasteiger partial charge in [-0.2, -0.15) is 4.58 Å². The van der Waals surface area contributed by atoms with Crippen LogP contribution in [0, 0.1) is 0 Å². The van der Waals surface area contributed by atoms with E-state index in [-0.39, 0.29) is 0 Å². The summed E-state index contributed by atoms with van der Waals surface area (Å²) in [7, 11) is 2.05. The first-order chi connectivity index (χ1) is 41.1. The maximum atomic E-state index is 6.26. The number of ether oxygens (including phenoxy) is 1. The summed E-state index contributed by atoms with van der Waals surface area (Å²) >= 11 is 0. The van der Waals surface area contributed by atoms with Crippen molar-refractivity contribution in [3.63, 3.8) is 0 Å². The standard InChI is InChI=1S/C76H67N6O/c1-79-53-48-62(49-54-79)63-50-55-80(56-51-63)52-18-4-2-3-5-19-57-83-73-46-40-66(41-47-73)76-77-74(64-32-28-58(29-33-64)60-36-42-71(43-37-60)81(67-20-10-6-11-21-67)68-22-12-7-13-23-68)75(78-76)65-34-30-59(31-35-65)61-38-44-72(45-39-61)82(69-24-14-8-15-25-69)70-26-16-9-17-27-70/h6-17,20-51,53-56H,2-5,18-19,52,57H2,1H3/q+1. The van der Waals surface area contributed by atoms with Crippen molar-refractivity contribution in [1.82, 2.24) is 14.4 Å². The van der Waals surface area contributed by atoms with Crippen LogP contribution in [-0.2, 0) is 0 Å². The van der Waals surface area contributed by atoms with Crippen LogP contribution in [0.4, 0.5) is 28.4 Å². The minimum absolute atomic E-state index is 0.681. The quantitative estimate of drug-likeness (QED) is 0.0635. The molecular weight excluding hydrogens is 1010 g/mol. The van der Waals surface area contributed by atoms with Crippen LogP contribution in [0.2, 0.25) is 0 Å². The number of hydrogen-bond acceptors (Lipinski definition) is 6. The molecule has 0 bridgehead atoms. The lowest BCUT2D eigenvalue weighted by molar-refractivity contribution is 0.304. The number of anilines is 3. The fraction of sp³-hybridized carbons (Fsp3) is 0.118. The molecule has 0 radical (unpaired) electrons. The number of hydrogen-bond donors (Lipinski definition) is 0. The molecule has 8 aromatic rings. The molecule has 0 saturated carbocycles. The number of aliphatic imine (C=N–C) groups is 2. The Morgan fingerprint density at radius 2 is 0.867 bits per heavy atom. The van der Waals surface area contributed by atoms with Gasteiger partial charge in [-0.25, -0.2) is 9.98 Å². The summed E-state index contributed by atoms with van der Waals surface area (Å²) in [4.78, 5) is 17.2. The van der Waals surface area contributed by atoms with Crippen LogP contribution in [0.25, 0.3) is 22.4 Å². The average Bonchev–Trinajstić information content (AvgIpc) is 4.28. The summed E-state index contributed by atoms with van der Waals surface area (Å²) in [5.74, 6) is 1.54. The van der Waals surface area contributed by atoms with Gasteiger partial charge in [-0.05, 0) is 143 Å². The Balaban J connectivity index is 0.736. The Hall–Kier alpha value is -10.1. The van der Waals surface area contributed by atoms with E-state index < -0.39 is 0 Å². The normalized spacial score (nSPS) is 14.4. The van der Waals surface area contributed by atoms with Gasteiger partial charge in [0.05, 0.1) is 18.0 Å². The molecule has 0 aromatic heterocycles. The maximum Gasteiger partial charge on any atom is 0.211 e. The summed E-state index contributed by atoms with van der Waals surface area (Å²) in [5.41, 5.74) is 16.1. The summed E-state index contributed by atoms with van der Waals surface area (Å²) in [6.45, 7) is 1.74. The van der Waals surface area contributed by atoms with E-state index in [0.29, 0.717) is 12.4 Å². The van der Waals surface area contributed by atoms with Crippen LogP contribution in [0.3, 0.4) is 0 Å². The topological polar surface area (TPSA) is 46.7 Å². The van der Waals surface area contributed by atoms with Crippen LogP contribution in [0.1, 0.15) is 49.7 Å². The molecule has 8 aromatic carbocycles. The van der Waals surface area contributed by atoms with E-state index in [1.54, 1.807) is 0 Å². The highest BCUT2D eigenvalue weighted by atomic mass is 16.5. The van der Waals surface area contributed by atoms with Gasteiger partial charge in [-0.3, -0.25) is 0 Å². The first-order valence-corrected chi connectivity index (χ1v) is 29.0. The van der Waals surface area contributed by atoms with Crippen molar-refractivity contribution in [3.8, 4) is 16.9 Å². The van der Waals surface area contributed by atoms with E-state index in [2.05, 4.69) is 299 Å². The molecule has 7 heteroatoms. The third-order valence-corrected chi connectivity index (χ3v) is 15.3. The number of benzene rings is 8. The van der Waals surface area contributed by atoms with Crippen molar-refractivity contribution >= 4 is 57.0 Å². The second-order valence-electron chi connectivity index (χ2n) is 21.1. The molecule has 3 heterocycles. The fourth-order valence-electron chi connectivity index (χ4n) is 10.8. The molecule has 83 heavy (non-hydrogen) atoms. The molecule has 12 rings (SSSR count). The molecule has 1 aliphatic carbocycles. The average molecular weight is 1080 g/mol. The van der Waals surface area contributed by atoms with Crippen molar-refractivity contribution in [2.45, 2.75) is 38.5 Å². The lowest BCUT2D eigenvalue weighted by atomic mass is 9.99. The van der Waals surface area contributed by atoms with Gasteiger partial charge in [0.25, 0.3) is 0 Å². The molecule has 0 atom stereocenters. The second kappa shape index (κ2) is 26.0. The molecule has 406 valence electrons. The zero-order chi connectivity index (χ0) is 56.0. The highest BCUT2D eigenvalue weighted by molar-refractivity contribution is 6.36. The van der Waals surface area contributed by atoms with E-state index in [4.69, 9.17) is 14.7 Å². The minimum atomic E-state index is 0.681. The van der Waals surface area contributed by atoms with Crippen molar-refractivity contribution < 1.29 is 4.74 Å². The van der Waals surface area contributed by atoms with Gasteiger partial charge < -0.3 is 19.4 Å². The van der Waals surface area contributed by atoms with Crippen LogP contribution in [0.15, 0.2) is 313 Å². The SMILES string of the molecule is CN1C=CC(=C2C=CN(CCCCCCCCOc3ccc(C4=NC(=c5ccc(=C6C=CC(=[N+](c7ccccc7)c7ccccc7)C=C6)cc5)C(c5ccc(-c6ccc(N(c7ccccc7)c7ccccc7)cc6)cc5)=N4)cc3)C=C2)C=C1. The fourth-order valence-corrected chi connectivity index (χ4v) is 10.8. The molecule has 0 N–H and O–H groups in total. The third kappa shape index (κ3) is 13.1. The second-order valence-corrected chi connectivity index (χ2v) is 21.1. The first-order valence-electron chi connectivity index (χ1n) is 29.0. The Labute approximate surface area is 488 Å². The first kappa shape index (κ1) is 53.5. The van der Waals surface area contributed by atoms with E-state index in [9.17, 15) is 0 Å². The van der Waals surface area contributed by atoms with Crippen LogP contribution in [0.5, 0.6) is 5.75 Å². The minimum Gasteiger partial charge on any atom is -0.494 e. The largest absolute Gasteiger partial charge is 0.494 e. The van der Waals surface area contributed by atoms with Crippen LogP contribution >= 0.6 is 0 Å². The zero-order valence-electron chi connectivity index (χ0n) is 47.0. The van der Waals surface area contributed by atoms with E-state index in [1.165, 1.54) is 36.8 Å². The number of rotatable bonds is 18. The number of nitrogens with zero attached hydrogens (tertiary/aromatic N) is 6.